The highest BCUT2D eigenvalue weighted by atomic mass is 35.5. The average molecular weight is 253 g/mol. The molecule has 88 valence electrons. The van der Waals surface area contributed by atoms with Gasteiger partial charge in [-0.05, 0) is 18.2 Å². The molecule has 2 N–H and O–H groups in total. The third kappa shape index (κ3) is 2.62. The molecule has 0 aliphatic heterocycles. The zero-order chi connectivity index (χ0) is 12.3. The topological polar surface area (TPSA) is 49.8 Å². The number of nitrogens with zero attached hydrogens (tertiary/aromatic N) is 2. The van der Waals surface area contributed by atoms with Crippen LogP contribution in [0.25, 0.3) is 0 Å². The maximum Gasteiger partial charge on any atom is 0.224 e. The number of benzene rings is 1. The molecule has 0 bridgehead atoms. The third-order valence-corrected chi connectivity index (χ3v) is 2.41. The van der Waals surface area contributed by atoms with Crippen LogP contribution in [0.4, 0.5) is 21.8 Å². The number of para-hydroxylation sites is 1. The van der Waals surface area contributed by atoms with Crippen LogP contribution in [-0.4, -0.2) is 17.0 Å². The minimum absolute atomic E-state index is 0.204. The number of halogens is 2. The number of rotatable bonds is 3. The first-order valence-corrected chi connectivity index (χ1v) is 5.30. The molecule has 4 nitrogen and oxygen atoms in total. The minimum atomic E-state index is -0.429. The van der Waals surface area contributed by atoms with Crippen molar-refractivity contribution in [3.05, 3.63) is 41.3 Å². The van der Waals surface area contributed by atoms with Gasteiger partial charge in [0.05, 0.1) is 10.7 Å². The molecule has 0 aliphatic rings. The summed E-state index contributed by atoms with van der Waals surface area (Å²) in [5.41, 5.74) is 0.204. The second-order valence-corrected chi connectivity index (χ2v) is 3.64. The SMILES string of the molecule is CNc1nccc(Nc2c(F)cccc2Cl)n1. The molecular weight excluding hydrogens is 243 g/mol. The summed E-state index contributed by atoms with van der Waals surface area (Å²) in [4.78, 5) is 8.07. The van der Waals surface area contributed by atoms with Crippen LogP contribution in [0.15, 0.2) is 30.5 Å². The van der Waals surface area contributed by atoms with Gasteiger partial charge in [0.2, 0.25) is 5.95 Å². The molecule has 0 saturated heterocycles. The van der Waals surface area contributed by atoms with E-state index in [1.807, 2.05) is 0 Å². The summed E-state index contributed by atoms with van der Waals surface area (Å²) in [7, 11) is 1.70. The fourth-order valence-electron chi connectivity index (χ4n) is 1.29. The van der Waals surface area contributed by atoms with E-state index < -0.39 is 5.82 Å². The summed E-state index contributed by atoms with van der Waals surface area (Å²) in [5.74, 6) is 0.487. The Bertz CT molecular complexity index is 512. The van der Waals surface area contributed by atoms with E-state index in [1.165, 1.54) is 6.07 Å². The molecule has 1 aromatic carbocycles. The molecule has 0 amide bonds. The van der Waals surface area contributed by atoms with Crippen molar-refractivity contribution in [2.24, 2.45) is 0 Å². The Morgan fingerprint density at radius 2 is 2.12 bits per heavy atom. The lowest BCUT2D eigenvalue weighted by Gasteiger charge is -2.09. The quantitative estimate of drug-likeness (QED) is 0.882. The molecule has 0 atom stereocenters. The fourth-order valence-corrected chi connectivity index (χ4v) is 1.50. The lowest BCUT2D eigenvalue weighted by Crippen LogP contribution is -2.01. The van der Waals surface area contributed by atoms with Gasteiger partial charge in [-0.25, -0.2) is 9.37 Å². The van der Waals surface area contributed by atoms with E-state index in [2.05, 4.69) is 20.6 Å². The van der Waals surface area contributed by atoms with Crippen LogP contribution in [0, 0.1) is 5.82 Å². The molecule has 0 fully saturated rings. The summed E-state index contributed by atoms with van der Waals surface area (Å²) >= 11 is 5.89. The largest absolute Gasteiger partial charge is 0.357 e. The standard InChI is InChI=1S/C11H10ClFN4/c1-14-11-15-6-5-9(17-11)16-10-7(12)3-2-4-8(10)13/h2-6H,1H3,(H2,14,15,16,17). The predicted octanol–water partition coefficient (Wildman–Crippen LogP) is 3.05. The van der Waals surface area contributed by atoms with E-state index in [0.29, 0.717) is 16.8 Å². The van der Waals surface area contributed by atoms with Gasteiger partial charge in [-0.2, -0.15) is 4.98 Å². The molecule has 0 spiro atoms. The Balaban J connectivity index is 2.31. The van der Waals surface area contributed by atoms with Gasteiger partial charge in [0.15, 0.2) is 0 Å². The summed E-state index contributed by atoms with van der Waals surface area (Å²) in [6, 6.07) is 6.10. The second kappa shape index (κ2) is 4.97. The highest BCUT2D eigenvalue weighted by Gasteiger charge is 2.07. The summed E-state index contributed by atoms with van der Waals surface area (Å²) in [5, 5.41) is 5.91. The zero-order valence-corrected chi connectivity index (χ0v) is 9.79. The normalized spacial score (nSPS) is 10.1. The Labute approximate surface area is 103 Å². The molecule has 2 rings (SSSR count). The molecule has 17 heavy (non-hydrogen) atoms. The highest BCUT2D eigenvalue weighted by molar-refractivity contribution is 6.33. The zero-order valence-electron chi connectivity index (χ0n) is 9.04. The number of nitrogens with one attached hydrogen (secondary N) is 2. The molecule has 0 aliphatic carbocycles. The monoisotopic (exact) mass is 252 g/mol. The van der Waals surface area contributed by atoms with Gasteiger partial charge in [-0.1, -0.05) is 17.7 Å². The van der Waals surface area contributed by atoms with Crippen LogP contribution in [0.3, 0.4) is 0 Å². The summed E-state index contributed by atoms with van der Waals surface area (Å²) < 4.78 is 13.5. The Morgan fingerprint density at radius 1 is 1.29 bits per heavy atom. The maximum absolute atomic E-state index is 13.5. The van der Waals surface area contributed by atoms with Crippen molar-refractivity contribution < 1.29 is 4.39 Å². The van der Waals surface area contributed by atoms with Crippen molar-refractivity contribution in [2.45, 2.75) is 0 Å². The maximum atomic E-state index is 13.5. The molecule has 1 aromatic heterocycles. The van der Waals surface area contributed by atoms with E-state index in [9.17, 15) is 4.39 Å². The Morgan fingerprint density at radius 3 is 2.82 bits per heavy atom. The van der Waals surface area contributed by atoms with Crippen LogP contribution in [0.1, 0.15) is 0 Å². The van der Waals surface area contributed by atoms with Crippen LogP contribution in [-0.2, 0) is 0 Å². The van der Waals surface area contributed by atoms with Crippen LogP contribution < -0.4 is 10.6 Å². The fraction of sp³-hybridized carbons (Fsp3) is 0.0909. The average Bonchev–Trinajstić information content (AvgIpc) is 2.34. The first-order chi connectivity index (χ1) is 8.20. The van der Waals surface area contributed by atoms with Gasteiger partial charge >= 0.3 is 0 Å². The van der Waals surface area contributed by atoms with E-state index in [0.717, 1.165) is 0 Å². The Hall–Kier alpha value is -1.88. The highest BCUT2D eigenvalue weighted by Crippen LogP contribution is 2.27. The lowest BCUT2D eigenvalue weighted by molar-refractivity contribution is 0.632. The number of anilines is 3. The van der Waals surface area contributed by atoms with Gasteiger partial charge in [0, 0.05) is 13.2 Å². The molecule has 1 heterocycles. The van der Waals surface area contributed by atoms with Gasteiger partial charge in [0.25, 0.3) is 0 Å². The molecule has 6 heteroatoms. The van der Waals surface area contributed by atoms with Crippen LogP contribution in [0.5, 0.6) is 0 Å². The molecule has 0 saturated carbocycles. The van der Waals surface area contributed by atoms with Gasteiger partial charge in [-0.3, -0.25) is 0 Å². The van der Waals surface area contributed by atoms with Crippen molar-refractivity contribution >= 4 is 29.1 Å². The van der Waals surface area contributed by atoms with Crippen molar-refractivity contribution in [3.8, 4) is 0 Å². The van der Waals surface area contributed by atoms with Crippen molar-refractivity contribution in [3.63, 3.8) is 0 Å². The lowest BCUT2D eigenvalue weighted by atomic mass is 10.3. The van der Waals surface area contributed by atoms with Crippen LogP contribution in [0.2, 0.25) is 5.02 Å². The van der Waals surface area contributed by atoms with Gasteiger partial charge in [0.1, 0.15) is 11.6 Å². The molecule has 0 radical (unpaired) electrons. The van der Waals surface area contributed by atoms with Crippen molar-refractivity contribution in [1.29, 1.82) is 0 Å². The van der Waals surface area contributed by atoms with Crippen molar-refractivity contribution in [1.82, 2.24) is 9.97 Å². The molecule has 2 aromatic rings. The number of aromatic nitrogens is 2. The minimum Gasteiger partial charge on any atom is -0.357 e. The van der Waals surface area contributed by atoms with Crippen LogP contribution >= 0.6 is 11.6 Å². The van der Waals surface area contributed by atoms with E-state index in [-0.39, 0.29) is 5.69 Å². The van der Waals surface area contributed by atoms with Gasteiger partial charge in [-0.15, -0.1) is 0 Å². The molecule has 0 unspecified atom stereocenters. The van der Waals surface area contributed by atoms with Crippen molar-refractivity contribution in [2.75, 3.05) is 17.7 Å². The first-order valence-electron chi connectivity index (χ1n) is 4.92. The smallest absolute Gasteiger partial charge is 0.224 e. The van der Waals surface area contributed by atoms with E-state index in [4.69, 9.17) is 11.6 Å². The predicted molar refractivity (Wildman–Crippen MR) is 66.3 cm³/mol. The first kappa shape index (κ1) is 11.6. The van der Waals surface area contributed by atoms with E-state index >= 15 is 0 Å². The number of hydrogen-bond donors (Lipinski definition) is 2. The number of hydrogen-bond acceptors (Lipinski definition) is 4. The summed E-state index contributed by atoms with van der Waals surface area (Å²) in [6.07, 6.45) is 1.57. The Kier molecular flexibility index (Phi) is 3.39. The van der Waals surface area contributed by atoms with Gasteiger partial charge < -0.3 is 10.6 Å². The third-order valence-electron chi connectivity index (χ3n) is 2.10. The van der Waals surface area contributed by atoms with E-state index in [1.54, 1.807) is 31.4 Å². The second-order valence-electron chi connectivity index (χ2n) is 3.24. The molecular formula is C11H10ClFN4. The summed E-state index contributed by atoms with van der Waals surface area (Å²) in [6.45, 7) is 0.